The molecule has 5 nitrogen and oxygen atoms in total. The summed E-state index contributed by atoms with van der Waals surface area (Å²) in [6, 6.07) is 3.72. The molecular formula is C16H21F3N2O3. The Bertz CT molecular complexity index is 557. The van der Waals surface area contributed by atoms with Crippen molar-refractivity contribution in [2.45, 2.75) is 32.5 Å². The van der Waals surface area contributed by atoms with Crippen molar-refractivity contribution in [1.82, 2.24) is 10.6 Å². The van der Waals surface area contributed by atoms with Gasteiger partial charge in [0.05, 0.1) is 18.2 Å². The topological polar surface area (TPSA) is 78.4 Å². The second-order valence-electron chi connectivity index (χ2n) is 5.71. The maximum Gasteiger partial charge on any atom is 0.416 e. The second kappa shape index (κ2) is 8.68. The lowest BCUT2D eigenvalue weighted by molar-refractivity contribution is -0.137. The minimum Gasteiger partial charge on any atom is -0.393 e. The van der Waals surface area contributed by atoms with Gasteiger partial charge in [0, 0.05) is 12.1 Å². The number of halogens is 3. The van der Waals surface area contributed by atoms with Crippen LogP contribution >= 0.6 is 0 Å². The summed E-state index contributed by atoms with van der Waals surface area (Å²) in [4.78, 5) is 23.3. The smallest absolute Gasteiger partial charge is 0.393 e. The van der Waals surface area contributed by atoms with Gasteiger partial charge in [-0.1, -0.05) is 13.8 Å². The zero-order valence-corrected chi connectivity index (χ0v) is 13.5. The Morgan fingerprint density at radius 3 is 2.21 bits per heavy atom. The van der Waals surface area contributed by atoms with E-state index >= 15 is 0 Å². The molecule has 0 heterocycles. The molecule has 1 unspecified atom stereocenters. The van der Waals surface area contributed by atoms with Gasteiger partial charge in [-0.2, -0.15) is 13.2 Å². The molecule has 0 saturated heterocycles. The first kappa shape index (κ1) is 20.0. The van der Waals surface area contributed by atoms with Crippen molar-refractivity contribution in [2.24, 2.45) is 5.92 Å². The molecule has 0 radical (unpaired) electrons. The highest BCUT2D eigenvalue weighted by molar-refractivity contribution is 5.96. The van der Waals surface area contributed by atoms with Crippen LogP contribution in [0, 0.1) is 5.92 Å². The van der Waals surface area contributed by atoms with Crippen molar-refractivity contribution in [2.75, 3.05) is 13.1 Å². The lowest BCUT2D eigenvalue weighted by Gasteiger charge is -2.14. The van der Waals surface area contributed by atoms with Crippen LogP contribution in [0.1, 0.15) is 36.2 Å². The first-order valence-corrected chi connectivity index (χ1v) is 7.51. The average molecular weight is 346 g/mol. The predicted octanol–water partition coefficient (Wildman–Crippen LogP) is 1.96. The molecule has 2 amide bonds. The van der Waals surface area contributed by atoms with Crippen molar-refractivity contribution in [3.8, 4) is 0 Å². The van der Waals surface area contributed by atoms with Gasteiger partial charge in [0.2, 0.25) is 5.91 Å². The second-order valence-corrected chi connectivity index (χ2v) is 5.71. The Labute approximate surface area is 138 Å². The highest BCUT2D eigenvalue weighted by Gasteiger charge is 2.30. The normalized spacial score (nSPS) is 12.8. The Morgan fingerprint density at radius 2 is 1.71 bits per heavy atom. The Hall–Kier alpha value is -2.09. The van der Waals surface area contributed by atoms with Crippen LogP contribution in [0.4, 0.5) is 13.2 Å². The summed E-state index contributed by atoms with van der Waals surface area (Å²) in [7, 11) is 0. The van der Waals surface area contributed by atoms with E-state index in [2.05, 4.69) is 10.6 Å². The quantitative estimate of drug-likeness (QED) is 0.706. The third-order valence-corrected chi connectivity index (χ3v) is 3.42. The van der Waals surface area contributed by atoms with Gasteiger partial charge in [-0.15, -0.1) is 0 Å². The lowest BCUT2D eigenvalue weighted by atomic mass is 10.0. The molecule has 8 heteroatoms. The average Bonchev–Trinajstić information content (AvgIpc) is 2.51. The van der Waals surface area contributed by atoms with Gasteiger partial charge in [0.1, 0.15) is 0 Å². The van der Waals surface area contributed by atoms with Crippen LogP contribution in [0.5, 0.6) is 0 Å². The van der Waals surface area contributed by atoms with Gasteiger partial charge in [0.25, 0.3) is 5.91 Å². The number of rotatable bonds is 7. The van der Waals surface area contributed by atoms with Crippen LogP contribution in [0.3, 0.4) is 0 Å². The Morgan fingerprint density at radius 1 is 1.12 bits per heavy atom. The number of alkyl halides is 3. The Kier molecular flexibility index (Phi) is 7.21. The first-order chi connectivity index (χ1) is 11.1. The van der Waals surface area contributed by atoms with E-state index in [1.807, 2.05) is 13.8 Å². The molecule has 0 spiro atoms. The summed E-state index contributed by atoms with van der Waals surface area (Å²) in [6.45, 7) is 3.69. The number of aliphatic hydroxyl groups excluding tert-OH is 1. The van der Waals surface area contributed by atoms with Crippen LogP contribution in [0.25, 0.3) is 0 Å². The molecule has 0 saturated carbocycles. The molecule has 3 N–H and O–H groups in total. The molecule has 0 bridgehead atoms. The maximum absolute atomic E-state index is 12.4. The van der Waals surface area contributed by atoms with Crippen molar-refractivity contribution in [1.29, 1.82) is 0 Å². The number of carbonyl (C=O) groups is 2. The fraction of sp³-hybridized carbons (Fsp3) is 0.500. The third-order valence-electron chi connectivity index (χ3n) is 3.42. The van der Waals surface area contributed by atoms with E-state index in [4.69, 9.17) is 0 Å². The summed E-state index contributed by atoms with van der Waals surface area (Å²) < 4.78 is 37.3. The van der Waals surface area contributed by atoms with Crippen LogP contribution in [0.15, 0.2) is 24.3 Å². The third kappa shape index (κ3) is 6.57. The molecule has 0 aliphatic carbocycles. The van der Waals surface area contributed by atoms with Crippen LogP contribution in [-0.4, -0.2) is 36.1 Å². The molecule has 0 fully saturated rings. The van der Waals surface area contributed by atoms with E-state index in [-0.39, 0.29) is 24.6 Å². The van der Waals surface area contributed by atoms with Crippen molar-refractivity contribution in [3.05, 3.63) is 35.4 Å². The van der Waals surface area contributed by atoms with Crippen LogP contribution in [0.2, 0.25) is 0 Å². The van der Waals surface area contributed by atoms with Gasteiger partial charge < -0.3 is 15.7 Å². The number of aliphatic hydroxyl groups is 1. The lowest BCUT2D eigenvalue weighted by Crippen LogP contribution is -2.38. The highest BCUT2D eigenvalue weighted by atomic mass is 19.4. The fourth-order valence-corrected chi connectivity index (χ4v) is 1.83. The molecule has 1 atom stereocenters. The molecule has 0 aliphatic heterocycles. The number of benzene rings is 1. The summed E-state index contributed by atoms with van der Waals surface area (Å²) in [5.74, 6) is -0.992. The zero-order chi connectivity index (χ0) is 18.3. The zero-order valence-electron chi connectivity index (χ0n) is 13.5. The first-order valence-electron chi connectivity index (χ1n) is 7.51. The van der Waals surface area contributed by atoms with Crippen molar-refractivity contribution >= 4 is 11.8 Å². The monoisotopic (exact) mass is 346 g/mol. The minimum atomic E-state index is -4.46. The summed E-state index contributed by atoms with van der Waals surface area (Å²) in [5, 5.41) is 14.4. The molecule has 1 aromatic rings. The van der Waals surface area contributed by atoms with Crippen molar-refractivity contribution in [3.63, 3.8) is 0 Å². The summed E-state index contributed by atoms with van der Waals surface area (Å²) in [6.07, 6.45) is -4.59. The molecule has 24 heavy (non-hydrogen) atoms. The molecule has 0 aliphatic rings. The van der Waals surface area contributed by atoms with Gasteiger partial charge in [-0.05, 0) is 36.6 Å². The summed E-state index contributed by atoms with van der Waals surface area (Å²) >= 11 is 0. The highest BCUT2D eigenvalue weighted by Crippen LogP contribution is 2.28. The molecular weight excluding hydrogens is 325 g/mol. The van der Waals surface area contributed by atoms with Gasteiger partial charge in [-0.25, -0.2) is 0 Å². The van der Waals surface area contributed by atoms with E-state index in [0.717, 1.165) is 24.3 Å². The van der Waals surface area contributed by atoms with Gasteiger partial charge in [0.15, 0.2) is 0 Å². The minimum absolute atomic E-state index is 0.0334. The predicted molar refractivity (Wildman–Crippen MR) is 82.2 cm³/mol. The number of nitrogens with one attached hydrogen (secondary N) is 2. The van der Waals surface area contributed by atoms with Crippen LogP contribution in [-0.2, 0) is 11.0 Å². The van der Waals surface area contributed by atoms with E-state index in [0.29, 0.717) is 6.42 Å². The number of amides is 2. The standard InChI is InChI=1S/C16H21F3N2O3/c1-10(2)13(22)7-8-20-14(23)9-21-15(24)11-3-5-12(6-4-11)16(17,18)19/h3-6,10,13,22H,7-9H2,1-2H3,(H,20,23)(H,21,24). The van der Waals surface area contributed by atoms with Crippen molar-refractivity contribution < 1.29 is 27.9 Å². The number of hydrogen-bond acceptors (Lipinski definition) is 3. The van der Waals surface area contributed by atoms with Gasteiger partial charge in [-0.3, -0.25) is 9.59 Å². The molecule has 1 aromatic carbocycles. The molecule has 0 aromatic heterocycles. The maximum atomic E-state index is 12.4. The van der Waals surface area contributed by atoms with E-state index in [1.54, 1.807) is 0 Å². The summed E-state index contributed by atoms with van der Waals surface area (Å²) in [5.41, 5.74) is -0.813. The van der Waals surface area contributed by atoms with Gasteiger partial charge >= 0.3 is 6.18 Å². The number of carbonyl (C=O) groups excluding carboxylic acids is 2. The van der Waals surface area contributed by atoms with E-state index < -0.39 is 29.7 Å². The SMILES string of the molecule is CC(C)C(O)CCNC(=O)CNC(=O)c1ccc(C(F)(F)F)cc1. The largest absolute Gasteiger partial charge is 0.416 e. The van der Waals surface area contributed by atoms with E-state index in [1.165, 1.54) is 0 Å². The molecule has 1 rings (SSSR count). The molecule has 134 valence electrons. The Balaban J connectivity index is 2.39. The van der Waals surface area contributed by atoms with Crippen LogP contribution < -0.4 is 10.6 Å². The number of hydrogen-bond donors (Lipinski definition) is 3. The fourth-order valence-electron chi connectivity index (χ4n) is 1.83. The van der Waals surface area contributed by atoms with E-state index in [9.17, 15) is 27.9 Å².